The van der Waals surface area contributed by atoms with Crippen LogP contribution in [0.15, 0.2) is 54.9 Å². The first kappa shape index (κ1) is 18.6. The number of rotatable bonds is 7. The summed E-state index contributed by atoms with van der Waals surface area (Å²) in [4.78, 5) is 16.0. The van der Waals surface area contributed by atoms with Crippen LogP contribution < -0.4 is 9.46 Å². The number of hydrogen-bond donors (Lipinski definition) is 2. The monoisotopic (exact) mass is 386 g/mol. The van der Waals surface area contributed by atoms with E-state index in [0.29, 0.717) is 17.9 Å². The third-order valence-electron chi connectivity index (χ3n) is 3.57. The van der Waals surface area contributed by atoms with Gasteiger partial charge in [0, 0.05) is 6.20 Å². The summed E-state index contributed by atoms with van der Waals surface area (Å²) in [6.45, 7) is 0.298. The molecule has 0 radical (unpaired) electrons. The highest BCUT2D eigenvalue weighted by Crippen LogP contribution is 2.18. The zero-order valence-corrected chi connectivity index (χ0v) is 15.4. The predicted molar refractivity (Wildman–Crippen MR) is 99.3 cm³/mol. The number of ether oxygens (including phenoxy) is 1. The molecule has 0 bridgehead atoms. The molecule has 2 N–H and O–H groups in total. The first-order valence-corrected chi connectivity index (χ1v) is 9.95. The van der Waals surface area contributed by atoms with Crippen molar-refractivity contribution in [2.45, 2.75) is 13.0 Å². The van der Waals surface area contributed by atoms with Gasteiger partial charge in [-0.25, -0.2) is 8.42 Å². The Kier molecular flexibility index (Phi) is 5.51. The van der Waals surface area contributed by atoms with E-state index in [9.17, 15) is 13.2 Å². The van der Waals surface area contributed by atoms with Gasteiger partial charge in [-0.15, -0.1) is 0 Å². The lowest BCUT2D eigenvalue weighted by Gasteiger charge is -2.08. The molecule has 0 fully saturated rings. The van der Waals surface area contributed by atoms with Gasteiger partial charge < -0.3 is 4.74 Å². The third-order valence-corrected chi connectivity index (χ3v) is 4.17. The summed E-state index contributed by atoms with van der Waals surface area (Å²) in [6.07, 6.45) is 4.20. The van der Waals surface area contributed by atoms with Crippen molar-refractivity contribution in [2.75, 3.05) is 6.26 Å². The van der Waals surface area contributed by atoms with Crippen LogP contribution in [0.1, 0.15) is 11.1 Å². The summed E-state index contributed by atoms with van der Waals surface area (Å²) in [5, 5.41) is 6.73. The quantitative estimate of drug-likeness (QED) is 0.638. The van der Waals surface area contributed by atoms with E-state index in [1.807, 2.05) is 29.0 Å². The number of carbonyl (C=O) groups excluding carboxylic acids is 1. The molecule has 3 rings (SSSR count). The maximum absolute atomic E-state index is 11.7. The molecule has 0 atom stereocenters. The van der Waals surface area contributed by atoms with Crippen LogP contribution in [0.4, 0.5) is 0 Å². The van der Waals surface area contributed by atoms with Crippen LogP contribution in [0.3, 0.4) is 0 Å². The average molecular weight is 386 g/mol. The zero-order chi connectivity index (χ0) is 19.3. The largest absolute Gasteiger partial charge is 0.487 e. The number of H-pyrrole nitrogens is 1. The van der Waals surface area contributed by atoms with Gasteiger partial charge in [0.1, 0.15) is 12.4 Å². The zero-order valence-electron chi connectivity index (χ0n) is 14.5. The van der Waals surface area contributed by atoms with Gasteiger partial charge in [-0.2, -0.15) is 5.10 Å². The van der Waals surface area contributed by atoms with Crippen LogP contribution in [0.25, 0.3) is 11.4 Å². The molecule has 0 aliphatic heterocycles. The maximum Gasteiger partial charge on any atom is 0.237 e. The number of amides is 1. The number of pyridine rings is 1. The highest BCUT2D eigenvalue weighted by atomic mass is 32.2. The molecule has 0 saturated heterocycles. The summed E-state index contributed by atoms with van der Waals surface area (Å²) in [5.41, 5.74) is 3.14. The molecule has 2 heterocycles. The highest BCUT2D eigenvalue weighted by molar-refractivity contribution is 7.89. The van der Waals surface area contributed by atoms with Crippen molar-refractivity contribution >= 4 is 15.9 Å². The molecule has 0 aliphatic rings. The van der Waals surface area contributed by atoms with Crippen molar-refractivity contribution in [2.24, 2.45) is 0 Å². The lowest BCUT2D eigenvalue weighted by molar-refractivity contribution is -0.118. The van der Waals surface area contributed by atoms with Gasteiger partial charge in [0.2, 0.25) is 15.9 Å². The average Bonchev–Trinajstić information content (AvgIpc) is 3.14. The number of nitrogens with one attached hydrogen (secondary N) is 2. The molecule has 1 aromatic carbocycles. The Labute approximate surface area is 156 Å². The Morgan fingerprint density at radius 1 is 1.19 bits per heavy atom. The van der Waals surface area contributed by atoms with Crippen molar-refractivity contribution in [3.05, 3.63) is 66.0 Å². The van der Waals surface area contributed by atoms with Crippen molar-refractivity contribution in [1.82, 2.24) is 19.9 Å². The molecule has 8 nitrogen and oxygen atoms in total. The number of aromatic nitrogens is 3. The SMILES string of the molecule is CS(=O)(=O)NC(=O)Cc1cccc(COc2ccc(-c3ccn[nH]3)nc2)c1. The molecule has 140 valence electrons. The minimum absolute atomic E-state index is 0.0264. The van der Waals surface area contributed by atoms with Gasteiger partial charge in [0.05, 0.1) is 30.3 Å². The van der Waals surface area contributed by atoms with Gasteiger partial charge in [-0.3, -0.25) is 19.6 Å². The summed E-state index contributed by atoms with van der Waals surface area (Å²) < 4.78 is 29.9. The van der Waals surface area contributed by atoms with E-state index in [0.717, 1.165) is 23.2 Å². The van der Waals surface area contributed by atoms with E-state index >= 15 is 0 Å². The Morgan fingerprint density at radius 3 is 2.67 bits per heavy atom. The molecule has 0 spiro atoms. The van der Waals surface area contributed by atoms with Crippen LogP contribution >= 0.6 is 0 Å². The van der Waals surface area contributed by atoms with Crippen LogP contribution in [0, 0.1) is 0 Å². The molecule has 2 aromatic heterocycles. The Balaban J connectivity index is 1.59. The first-order valence-electron chi connectivity index (χ1n) is 8.06. The summed E-state index contributed by atoms with van der Waals surface area (Å²) in [6, 6.07) is 12.7. The van der Waals surface area contributed by atoms with Crippen molar-refractivity contribution in [3.63, 3.8) is 0 Å². The normalized spacial score (nSPS) is 11.1. The minimum atomic E-state index is -3.56. The second-order valence-electron chi connectivity index (χ2n) is 5.93. The van der Waals surface area contributed by atoms with Gasteiger partial charge in [0.15, 0.2) is 0 Å². The van der Waals surface area contributed by atoms with E-state index in [4.69, 9.17) is 4.74 Å². The molecule has 27 heavy (non-hydrogen) atoms. The molecule has 9 heteroatoms. The van der Waals surface area contributed by atoms with Crippen LogP contribution in [-0.4, -0.2) is 35.8 Å². The summed E-state index contributed by atoms with van der Waals surface area (Å²) in [5.74, 6) is 0.0349. The van der Waals surface area contributed by atoms with Crippen molar-refractivity contribution < 1.29 is 17.9 Å². The lowest BCUT2D eigenvalue weighted by Crippen LogP contribution is -2.30. The molecule has 0 aliphatic carbocycles. The smallest absolute Gasteiger partial charge is 0.237 e. The number of carbonyl (C=O) groups is 1. The van der Waals surface area contributed by atoms with Gasteiger partial charge >= 0.3 is 0 Å². The number of nitrogens with zero attached hydrogens (tertiary/aromatic N) is 2. The van der Waals surface area contributed by atoms with E-state index in [1.165, 1.54) is 0 Å². The molecule has 0 unspecified atom stereocenters. The van der Waals surface area contributed by atoms with Crippen LogP contribution in [-0.2, 0) is 27.8 Å². The fraction of sp³-hybridized carbons (Fsp3) is 0.167. The molecule has 1 amide bonds. The number of aromatic amines is 1. The maximum atomic E-state index is 11.7. The van der Waals surface area contributed by atoms with E-state index in [-0.39, 0.29) is 6.42 Å². The fourth-order valence-corrected chi connectivity index (χ4v) is 2.93. The molecular formula is C18H18N4O4S. The number of sulfonamides is 1. The van der Waals surface area contributed by atoms with Gasteiger partial charge in [-0.05, 0) is 29.3 Å². The summed E-state index contributed by atoms with van der Waals surface area (Å²) in [7, 11) is -3.56. The topological polar surface area (TPSA) is 114 Å². The van der Waals surface area contributed by atoms with E-state index < -0.39 is 15.9 Å². The molecular weight excluding hydrogens is 368 g/mol. The lowest BCUT2D eigenvalue weighted by atomic mass is 10.1. The van der Waals surface area contributed by atoms with Crippen molar-refractivity contribution in [3.8, 4) is 17.1 Å². The van der Waals surface area contributed by atoms with Gasteiger partial charge in [-0.1, -0.05) is 24.3 Å². The van der Waals surface area contributed by atoms with Crippen molar-refractivity contribution in [1.29, 1.82) is 0 Å². The Hall–Kier alpha value is -3.20. The van der Waals surface area contributed by atoms with E-state index in [1.54, 1.807) is 30.6 Å². The molecule has 3 aromatic rings. The number of hydrogen-bond acceptors (Lipinski definition) is 6. The minimum Gasteiger partial charge on any atom is -0.487 e. The Morgan fingerprint density at radius 2 is 2.00 bits per heavy atom. The van der Waals surface area contributed by atoms with Crippen LogP contribution in [0.5, 0.6) is 5.75 Å². The second-order valence-corrected chi connectivity index (χ2v) is 7.68. The van der Waals surface area contributed by atoms with Crippen LogP contribution in [0.2, 0.25) is 0 Å². The first-order chi connectivity index (χ1) is 12.9. The standard InChI is InChI=1S/C18H18N4O4S/c1-27(24,25)22-18(23)10-13-3-2-4-14(9-13)12-26-15-5-6-16(19-11-15)17-7-8-20-21-17/h2-9,11H,10,12H2,1H3,(H,20,21)(H,22,23). The predicted octanol–water partition coefficient (Wildman–Crippen LogP) is 1.67. The fourth-order valence-electron chi connectivity index (χ4n) is 2.45. The summed E-state index contributed by atoms with van der Waals surface area (Å²) >= 11 is 0. The Bertz CT molecular complexity index is 1020. The van der Waals surface area contributed by atoms with Gasteiger partial charge in [0.25, 0.3) is 0 Å². The van der Waals surface area contributed by atoms with E-state index in [2.05, 4.69) is 15.2 Å². The third kappa shape index (κ3) is 5.65. The number of benzene rings is 1. The second kappa shape index (κ2) is 8.00. The highest BCUT2D eigenvalue weighted by Gasteiger charge is 2.09. The molecule has 0 saturated carbocycles.